The molecular weight excluding hydrogens is 270 g/mol. The Balaban J connectivity index is 1.69. The van der Waals surface area contributed by atoms with Gasteiger partial charge >= 0.3 is 0 Å². The van der Waals surface area contributed by atoms with Crippen molar-refractivity contribution >= 4 is 11.1 Å². The van der Waals surface area contributed by atoms with Crippen molar-refractivity contribution in [2.24, 2.45) is 0 Å². The molecule has 1 aromatic heterocycles. The molecule has 0 fully saturated rings. The molecule has 1 heterocycles. The Morgan fingerprint density at radius 1 is 0.773 bits per heavy atom. The van der Waals surface area contributed by atoms with E-state index in [1.165, 1.54) is 22.3 Å². The van der Waals surface area contributed by atoms with E-state index in [1.807, 2.05) is 24.3 Å². The number of benzene rings is 3. The second-order valence-corrected chi connectivity index (χ2v) is 5.69. The van der Waals surface area contributed by atoms with E-state index in [-0.39, 0.29) is 0 Å². The van der Waals surface area contributed by atoms with Gasteiger partial charge in [-0.05, 0) is 52.9 Å². The van der Waals surface area contributed by atoms with E-state index in [2.05, 4.69) is 47.4 Å². The summed E-state index contributed by atoms with van der Waals surface area (Å²) in [6.45, 7) is 0. The topological polar surface area (TPSA) is 26.0 Å². The molecule has 1 aliphatic carbocycles. The fourth-order valence-electron chi connectivity index (χ4n) is 3.25. The summed E-state index contributed by atoms with van der Waals surface area (Å²) in [6.07, 6.45) is 1.01. The fraction of sp³-hybridized carbons (Fsp3) is 0.0500. The fourth-order valence-corrected chi connectivity index (χ4v) is 3.25. The molecule has 0 bridgehead atoms. The lowest BCUT2D eigenvalue weighted by atomic mass is 10.0. The molecule has 1 aliphatic rings. The molecule has 3 aromatic carbocycles. The molecule has 0 unspecified atom stereocenters. The highest BCUT2D eigenvalue weighted by molar-refractivity contribution is 5.82. The first kappa shape index (κ1) is 11.8. The van der Waals surface area contributed by atoms with Crippen molar-refractivity contribution in [1.82, 2.24) is 4.98 Å². The molecule has 5 rings (SSSR count). The summed E-state index contributed by atoms with van der Waals surface area (Å²) in [5.41, 5.74) is 8.17. The number of hydrogen-bond donors (Lipinski definition) is 0. The smallest absolute Gasteiger partial charge is 0.227 e. The third kappa shape index (κ3) is 1.64. The predicted octanol–water partition coefficient (Wildman–Crippen LogP) is 5.07. The minimum Gasteiger partial charge on any atom is -0.436 e. The van der Waals surface area contributed by atoms with Crippen LogP contribution in [0, 0.1) is 0 Å². The van der Waals surface area contributed by atoms with E-state index in [9.17, 15) is 0 Å². The van der Waals surface area contributed by atoms with E-state index >= 15 is 0 Å². The van der Waals surface area contributed by atoms with Gasteiger partial charge in [0.15, 0.2) is 5.58 Å². The minimum absolute atomic E-state index is 0.688. The highest BCUT2D eigenvalue weighted by Crippen LogP contribution is 2.38. The number of nitrogens with zero attached hydrogens (tertiary/aromatic N) is 1. The van der Waals surface area contributed by atoms with Crippen molar-refractivity contribution in [2.75, 3.05) is 0 Å². The normalized spacial score (nSPS) is 12.4. The van der Waals surface area contributed by atoms with Crippen LogP contribution in [0.5, 0.6) is 0 Å². The van der Waals surface area contributed by atoms with E-state index in [0.717, 1.165) is 23.1 Å². The third-order valence-electron chi connectivity index (χ3n) is 4.34. The van der Waals surface area contributed by atoms with Gasteiger partial charge in [0.05, 0.1) is 0 Å². The zero-order valence-corrected chi connectivity index (χ0v) is 11.9. The van der Waals surface area contributed by atoms with Crippen molar-refractivity contribution in [3.05, 3.63) is 77.9 Å². The van der Waals surface area contributed by atoms with Crippen molar-refractivity contribution in [2.45, 2.75) is 6.42 Å². The maximum absolute atomic E-state index is 5.89. The van der Waals surface area contributed by atoms with Crippen molar-refractivity contribution in [3.63, 3.8) is 0 Å². The molecule has 0 saturated carbocycles. The van der Waals surface area contributed by atoms with Gasteiger partial charge in [0.25, 0.3) is 0 Å². The zero-order valence-electron chi connectivity index (χ0n) is 11.9. The average molecular weight is 283 g/mol. The molecule has 0 aliphatic heterocycles. The van der Waals surface area contributed by atoms with Crippen LogP contribution >= 0.6 is 0 Å². The summed E-state index contributed by atoms with van der Waals surface area (Å²) >= 11 is 0. The Morgan fingerprint density at radius 2 is 1.59 bits per heavy atom. The molecule has 0 saturated heterocycles. The lowest BCUT2D eigenvalue weighted by Gasteiger charge is -2.02. The number of hydrogen-bond acceptors (Lipinski definition) is 2. The first-order valence-corrected chi connectivity index (χ1v) is 7.46. The van der Waals surface area contributed by atoms with Gasteiger partial charge in [-0.15, -0.1) is 0 Å². The Kier molecular flexibility index (Phi) is 2.30. The summed E-state index contributed by atoms with van der Waals surface area (Å²) in [5, 5.41) is 0. The summed E-state index contributed by atoms with van der Waals surface area (Å²) < 4.78 is 5.89. The van der Waals surface area contributed by atoms with Gasteiger partial charge in [-0.3, -0.25) is 0 Å². The van der Waals surface area contributed by atoms with Gasteiger partial charge < -0.3 is 4.42 Å². The summed E-state index contributed by atoms with van der Waals surface area (Å²) in [5.74, 6) is 0.688. The first-order valence-electron chi connectivity index (χ1n) is 7.46. The van der Waals surface area contributed by atoms with Gasteiger partial charge in [-0.25, -0.2) is 4.98 Å². The van der Waals surface area contributed by atoms with Gasteiger partial charge in [0.1, 0.15) is 5.52 Å². The summed E-state index contributed by atoms with van der Waals surface area (Å²) in [4.78, 5) is 4.60. The summed E-state index contributed by atoms with van der Waals surface area (Å²) in [6, 6.07) is 23.0. The van der Waals surface area contributed by atoms with Crippen LogP contribution in [-0.4, -0.2) is 4.98 Å². The molecule has 2 heteroatoms. The number of rotatable bonds is 1. The quantitative estimate of drug-likeness (QED) is 0.429. The Labute approximate surface area is 128 Å². The third-order valence-corrected chi connectivity index (χ3v) is 4.34. The van der Waals surface area contributed by atoms with E-state index < -0.39 is 0 Å². The van der Waals surface area contributed by atoms with Gasteiger partial charge in [0, 0.05) is 5.56 Å². The van der Waals surface area contributed by atoms with Crippen LogP contribution in [0.2, 0.25) is 0 Å². The largest absolute Gasteiger partial charge is 0.436 e. The number of para-hydroxylation sites is 2. The maximum atomic E-state index is 5.89. The first-order chi connectivity index (χ1) is 10.9. The second kappa shape index (κ2) is 4.31. The monoisotopic (exact) mass is 283 g/mol. The van der Waals surface area contributed by atoms with Crippen LogP contribution in [0.3, 0.4) is 0 Å². The van der Waals surface area contributed by atoms with Crippen molar-refractivity contribution in [1.29, 1.82) is 0 Å². The van der Waals surface area contributed by atoms with E-state index in [1.54, 1.807) is 0 Å². The van der Waals surface area contributed by atoms with Crippen LogP contribution in [0.15, 0.2) is 71.1 Å². The molecule has 2 nitrogen and oxygen atoms in total. The van der Waals surface area contributed by atoms with Crippen LogP contribution in [0.25, 0.3) is 33.7 Å². The van der Waals surface area contributed by atoms with E-state index in [0.29, 0.717) is 5.89 Å². The Morgan fingerprint density at radius 3 is 2.55 bits per heavy atom. The maximum Gasteiger partial charge on any atom is 0.227 e. The van der Waals surface area contributed by atoms with E-state index in [4.69, 9.17) is 4.42 Å². The van der Waals surface area contributed by atoms with Gasteiger partial charge in [-0.1, -0.05) is 42.5 Å². The number of aromatic nitrogens is 1. The molecule has 0 atom stereocenters. The molecule has 0 N–H and O–H groups in total. The van der Waals surface area contributed by atoms with Crippen molar-refractivity contribution in [3.8, 4) is 22.6 Å². The van der Waals surface area contributed by atoms with Crippen molar-refractivity contribution < 1.29 is 4.42 Å². The lowest BCUT2D eigenvalue weighted by Crippen LogP contribution is -1.82. The highest BCUT2D eigenvalue weighted by Gasteiger charge is 2.19. The molecule has 0 radical (unpaired) electrons. The number of fused-ring (bicyclic) bond motifs is 4. The van der Waals surface area contributed by atoms with Gasteiger partial charge in [0.2, 0.25) is 5.89 Å². The van der Waals surface area contributed by atoms with Gasteiger partial charge in [-0.2, -0.15) is 0 Å². The van der Waals surface area contributed by atoms with Crippen LogP contribution < -0.4 is 0 Å². The second-order valence-electron chi connectivity index (χ2n) is 5.69. The molecule has 104 valence electrons. The minimum atomic E-state index is 0.688. The standard InChI is InChI=1S/C20H13NO/c1-2-6-16-13(5-1)11-14-9-10-15(12-17(14)16)20-21-18-7-3-4-8-19(18)22-20/h1-10,12H,11H2. The molecule has 0 spiro atoms. The number of oxazole rings is 1. The Bertz CT molecular complexity index is 980. The van der Waals surface area contributed by atoms with Crippen LogP contribution in [0.4, 0.5) is 0 Å². The molecular formula is C20H13NO. The summed E-state index contributed by atoms with van der Waals surface area (Å²) in [7, 11) is 0. The SMILES string of the molecule is c1ccc2c(c1)Cc1ccc(-c3nc4ccccc4o3)cc1-2. The molecule has 0 amide bonds. The lowest BCUT2D eigenvalue weighted by molar-refractivity contribution is 0.620. The predicted molar refractivity (Wildman–Crippen MR) is 87.7 cm³/mol. The van der Waals surface area contributed by atoms with Crippen LogP contribution in [0.1, 0.15) is 11.1 Å². The zero-order chi connectivity index (χ0) is 14.5. The molecule has 22 heavy (non-hydrogen) atoms. The molecule has 4 aromatic rings. The van der Waals surface area contributed by atoms with Crippen LogP contribution in [-0.2, 0) is 6.42 Å². The average Bonchev–Trinajstić information content (AvgIpc) is 3.15. The highest BCUT2D eigenvalue weighted by atomic mass is 16.3. The Hall–Kier alpha value is -2.87.